The number of rotatable bonds is 1. The van der Waals surface area contributed by atoms with Gasteiger partial charge in [-0.3, -0.25) is 0 Å². The molecule has 0 saturated carbocycles. The highest BCUT2D eigenvalue weighted by Gasteiger charge is 2.20. The molecule has 5 heteroatoms. The summed E-state index contributed by atoms with van der Waals surface area (Å²) >= 11 is 3.07. The molecule has 1 rings (SSSR count). The summed E-state index contributed by atoms with van der Waals surface area (Å²) in [4.78, 5) is 15.0. The lowest BCUT2D eigenvalue weighted by atomic mass is 10.2. The second-order valence-corrected chi connectivity index (χ2v) is 4.84. The van der Waals surface area contributed by atoms with E-state index in [1.165, 1.54) is 0 Å². The van der Waals surface area contributed by atoms with Gasteiger partial charge in [-0.25, -0.2) is 9.78 Å². The third-order valence-corrected chi connectivity index (χ3v) is 2.09. The van der Waals surface area contributed by atoms with E-state index in [4.69, 9.17) is 4.74 Å². The molecule has 0 bridgehead atoms. The number of esters is 1. The maximum Gasteiger partial charge on any atom is 0.341 e. The second kappa shape index (κ2) is 4.26. The zero-order chi connectivity index (χ0) is 11.6. The van der Waals surface area contributed by atoms with Crippen LogP contribution < -0.4 is 0 Å². The van der Waals surface area contributed by atoms with Crippen molar-refractivity contribution in [3.05, 3.63) is 28.2 Å². The number of halogens is 2. The fourth-order valence-corrected chi connectivity index (χ4v) is 1.34. The first-order valence-corrected chi connectivity index (χ1v) is 5.13. The summed E-state index contributed by atoms with van der Waals surface area (Å²) in [5.74, 6) is -1.17. The van der Waals surface area contributed by atoms with Gasteiger partial charge >= 0.3 is 5.97 Å². The number of pyridine rings is 1. The second-order valence-electron chi connectivity index (χ2n) is 3.99. The molecular weight excluding hydrogens is 265 g/mol. The Bertz CT molecular complexity index is 387. The molecule has 0 fully saturated rings. The van der Waals surface area contributed by atoms with Gasteiger partial charge in [0.1, 0.15) is 5.60 Å². The molecular formula is C10H11BrFNO2. The molecule has 3 nitrogen and oxygen atoms in total. The van der Waals surface area contributed by atoms with E-state index in [1.807, 2.05) is 0 Å². The van der Waals surface area contributed by atoms with Crippen LogP contribution in [-0.2, 0) is 4.74 Å². The number of ether oxygens (including phenoxy) is 1. The van der Waals surface area contributed by atoms with Gasteiger partial charge in [0.25, 0.3) is 0 Å². The van der Waals surface area contributed by atoms with Crippen molar-refractivity contribution >= 4 is 21.9 Å². The SMILES string of the molecule is CC(C)(C)OC(=O)c1cnc(F)cc1Br. The smallest absolute Gasteiger partial charge is 0.341 e. The van der Waals surface area contributed by atoms with Gasteiger partial charge < -0.3 is 4.74 Å². The zero-order valence-electron chi connectivity index (χ0n) is 8.67. The average molecular weight is 276 g/mol. The maximum absolute atomic E-state index is 12.7. The first-order chi connectivity index (χ1) is 6.79. The third-order valence-electron chi connectivity index (χ3n) is 1.44. The van der Waals surface area contributed by atoms with E-state index < -0.39 is 17.5 Å². The summed E-state index contributed by atoms with van der Waals surface area (Å²) in [6.07, 6.45) is 1.15. The maximum atomic E-state index is 12.7. The molecule has 0 N–H and O–H groups in total. The quantitative estimate of drug-likeness (QED) is 0.584. The zero-order valence-corrected chi connectivity index (χ0v) is 10.3. The normalized spacial score (nSPS) is 11.3. The number of hydrogen-bond acceptors (Lipinski definition) is 3. The van der Waals surface area contributed by atoms with Crippen molar-refractivity contribution in [2.45, 2.75) is 26.4 Å². The van der Waals surface area contributed by atoms with Crippen molar-refractivity contribution in [2.24, 2.45) is 0 Å². The lowest BCUT2D eigenvalue weighted by molar-refractivity contribution is 0.00679. The summed E-state index contributed by atoms with van der Waals surface area (Å²) in [5, 5.41) is 0. The summed E-state index contributed by atoms with van der Waals surface area (Å²) in [6, 6.07) is 1.12. The van der Waals surface area contributed by atoms with Gasteiger partial charge in [-0.2, -0.15) is 4.39 Å². The van der Waals surface area contributed by atoms with Crippen molar-refractivity contribution in [1.29, 1.82) is 0 Å². The van der Waals surface area contributed by atoms with E-state index in [-0.39, 0.29) is 5.56 Å². The summed E-state index contributed by atoms with van der Waals surface area (Å²) in [6.45, 7) is 5.28. The Balaban J connectivity index is 2.92. The van der Waals surface area contributed by atoms with E-state index in [0.29, 0.717) is 4.47 Å². The van der Waals surface area contributed by atoms with Gasteiger partial charge in [-0.15, -0.1) is 0 Å². The Morgan fingerprint density at radius 3 is 2.60 bits per heavy atom. The van der Waals surface area contributed by atoms with Crippen molar-refractivity contribution in [2.75, 3.05) is 0 Å². The molecule has 1 aromatic rings. The average Bonchev–Trinajstić information content (AvgIpc) is 1.99. The molecule has 0 radical (unpaired) electrons. The number of aromatic nitrogens is 1. The van der Waals surface area contributed by atoms with E-state index in [9.17, 15) is 9.18 Å². The summed E-state index contributed by atoms with van der Waals surface area (Å²) in [5.41, 5.74) is -0.364. The molecule has 1 heterocycles. The van der Waals surface area contributed by atoms with Crippen molar-refractivity contribution in [3.63, 3.8) is 0 Å². The predicted octanol–water partition coefficient (Wildman–Crippen LogP) is 2.94. The van der Waals surface area contributed by atoms with Crippen LogP contribution in [0.25, 0.3) is 0 Å². The number of hydrogen-bond donors (Lipinski definition) is 0. The number of carbonyl (C=O) groups excluding carboxylic acids is 1. The van der Waals surface area contributed by atoms with Crippen LogP contribution in [0.4, 0.5) is 4.39 Å². The summed E-state index contributed by atoms with van der Waals surface area (Å²) in [7, 11) is 0. The summed E-state index contributed by atoms with van der Waals surface area (Å²) < 4.78 is 18.1. The highest BCUT2D eigenvalue weighted by Crippen LogP contribution is 2.19. The molecule has 0 saturated heterocycles. The van der Waals surface area contributed by atoms with Gasteiger partial charge in [-0.05, 0) is 36.7 Å². The Labute approximate surface area is 95.8 Å². The molecule has 0 unspecified atom stereocenters. The largest absolute Gasteiger partial charge is 0.456 e. The molecule has 15 heavy (non-hydrogen) atoms. The van der Waals surface area contributed by atoms with Gasteiger partial charge in [0, 0.05) is 16.7 Å². The Morgan fingerprint density at radius 2 is 2.13 bits per heavy atom. The molecule has 0 spiro atoms. The van der Waals surface area contributed by atoms with Crippen molar-refractivity contribution < 1.29 is 13.9 Å². The standard InChI is InChI=1S/C10H11BrFNO2/c1-10(2,3)15-9(14)6-5-13-8(12)4-7(6)11/h4-5H,1-3H3. The molecule has 82 valence electrons. The van der Waals surface area contributed by atoms with Gasteiger partial charge in [-0.1, -0.05) is 0 Å². The van der Waals surface area contributed by atoms with Gasteiger partial charge in [0.15, 0.2) is 0 Å². The number of nitrogens with zero attached hydrogens (tertiary/aromatic N) is 1. The lowest BCUT2D eigenvalue weighted by Gasteiger charge is -2.19. The van der Waals surface area contributed by atoms with Crippen LogP contribution in [0.1, 0.15) is 31.1 Å². The van der Waals surface area contributed by atoms with Crippen LogP contribution in [-0.4, -0.2) is 16.6 Å². The number of carbonyl (C=O) groups is 1. The minimum absolute atomic E-state index is 0.214. The topological polar surface area (TPSA) is 39.2 Å². The minimum atomic E-state index is -0.644. The van der Waals surface area contributed by atoms with Gasteiger partial charge in [0.05, 0.1) is 5.56 Å². The molecule has 0 atom stereocenters. The van der Waals surface area contributed by atoms with Crippen LogP contribution in [0.2, 0.25) is 0 Å². The van der Waals surface area contributed by atoms with Crippen LogP contribution in [0, 0.1) is 5.95 Å². The first-order valence-electron chi connectivity index (χ1n) is 4.34. The van der Waals surface area contributed by atoms with Crippen LogP contribution >= 0.6 is 15.9 Å². The highest BCUT2D eigenvalue weighted by molar-refractivity contribution is 9.10. The monoisotopic (exact) mass is 275 g/mol. The fraction of sp³-hybridized carbons (Fsp3) is 0.400. The fourth-order valence-electron chi connectivity index (χ4n) is 0.891. The molecule has 0 aliphatic carbocycles. The Morgan fingerprint density at radius 1 is 1.53 bits per heavy atom. The van der Waals surface area contributed by atoms with E-state index >= 15 is 0 Å². The van der Waals surface area contributed by atoms with Crippen molar-refractivity contribution in [3.8, 4) is 0 Å². The van der Waals surface area contributed by atoms with E-state index in [2.05, 4.69) is 20.9 Å². The van der Waals surface area contributed by atoms with E-state index in [1.54, 1.807) is 20.8 Å². The third kappa shape index (κ3) is 3.58. The minimum Gasteiger partial charge on any atom is -0.456 e. The molecule has 0 amide bonds. The lowest BCUT2D eigenvalue weighted by Crippen LogP contribution is -2.24. The van der Waals surface area contributed by atoms with Crippen LogP contribution in [0.15, 0.2) is 16.7 Å². The van der Waals surface area contributed by atoms with Crippen LogP contribution in [0.5, 0.6) is 0 Å². The molecule has 1 aromatic heterocycles. The molecule has 0 aliphatic heterocycles. The van der Waals surface area contributed by atoms with Gasteiger partial charge in [0.2, 0.25) is 5.95 Å². The van der Waals surface area contributed by atoms with E-state index in [0.717, 1.165) is 12.3 Å². The Kier molecular flexibility index (Phi) is 3.44. The highest BCUT2D eigenvalue weighted by atomic mass is 79.9. The Hall–Kier alpha value is -0.970. The first kappa shape index (κ1) is 12.1. The molecule has 0 aromatic carbocycles. The predicted molar refractivity (Wildman–Crippen MR) is 57.1 cm³/mol. The molecule has 0 aliphatic rings. The van der Waals surface area contributed by atoms with Crippen molar-refractivity contribution in [1.82, 2.24) is 4.98 Å². The van der Waals surface area contributed by atoms with Crippen LogP contribution in [0.3, 0.4) is 0 Å².